The Labute approximate surface area is 158 Å². The fraction of sp³-hybridized carbons (Fsp3) is 0.682. The van der Waals surface area contributed by atoms with Crippen LogP contribution in [0.15, 0.2) is 24.3 Å². The molecule has 2 aliphatic rings. The third kappa shape index (κ3) is 5.23. The lowest BCUT2D eigenvalue weighted by Crippen LogP contribution is -2.41. The highest BCUT2D eigenvalue weighted by Gasteiger charge is 2.27. The van der Waals surface area contributed by atoms with Crippen LogP contribution in [0.2, 0.25) is 0 Å². The van der Waals surface area contributed by atoms with Crippen LogP contribution in [0.3, 0.4) is 0 Å². The lowest BCUT2D eigenvalue weighted by atomic mass is 9.84. The molecule has 0 saturated carbocycles. The lowest BCUT2D eigenvalue weighted by Gasteiger charge is -2.34. The maximum Gasteiger partial charge on any atom is 0.222 e. The van der Waals surface area contributed by atoms with Crippen molar-refractivity contribution in [2.24, 2.45) is 17.8 Å². The standard InChI is InChI=1S/C22H34N2O2/c1-17(20-4-3-11-23-16-20)14-22(25)24-12-9-19(10-13-24)15-18-5-7-21(26-2)8-6-18/h5-8,17,19-20,23H,3-4,9-16H2,1-2H3. The number of carbonyl (C=O) groups excluding carboxylic acids is 1. The zero-order chi connectivity index (χ0) is 18.4. The van der Waals surface area contributed by atoms with Crippen molar-refractivity contribution < 1.29 is 9.53 Å². The van der Waals surface area contributed by atoms with Gasteiger partial charge >= 0.3 is 0 Å². The molecule has 26 heavy (non-hydrogen) atoms. The highest BCUT2D eigenvalue weighted by molar-refractivity contribution is 5.76. The quantitative estimate of drug-likeness (QED) is 0.846. The van der Waals surface area contributed by atoms with Crippen LogP contribution in [0.4, 0.5) is 0 Å². The second-order valence-electron chi connectivity index (χ2n) is 8.16. The number of piperidine rings is 2. The highest BCUT2D eigenvalue weighted by Crippen LogP contribution is 2.26. The van der Waals surface area contributed by atoms with Crippen LogP contribution in [-0.2, 0) is 11.2 Å². The van der Waals surface area contributed by atoms with Crippen LogP contribution < -0.4 is 10.1 Å². The normalized spacial score (nSPS) is 22.8. The number of hydrogen-bond donors (Lipinski definition) is 1. The van der Waals surface area contributed by atoms with Gasteiger partial charge in [-0.2, -0.15) is 0 Å². The van der Waals surface area contributed by atoms with Gasteiger partial charge in [0.2, 0.25) is 5.91 Å². The van der Waals surface area contributed by atoms with E-state index in [4.69, 9.17) is 4.74 Å². The Hall–Kier alpha value is -1.55. The molecule has 0 spiro atoms. The van der Waals surface area contributed by atoms with E-state index in [2.05, 4.69) is 29.3 Å². The Morgan fingerprint density at radius 3 is 2.58 bits per heavy atom. The van der Waals surface area contributed by atoms with E-state index in [0.717, 1.165) is 57.6 Å². The number of amides is 1. The van der Waals surface area contributed by atoms with Crippen molar-refractivity contribution in [3.63, 3.8) is 0 Å². The number of nitrogens with one attached hydrogen (secondary N) is 1. The van der Waals surface area contributed by atoms with E-state index in [-0.39, 0.29) is 0 Å². The predicted molar refractivity (Wildman–Crippen MR) is 105 cm³/mol. The van der Waals surface area contributed by atoms with Crippen molar-refractivity contribution in [1.82, 2.24) is 10.2 Å². The van der Waals surface area contributed by atoms with Crippen molar-refractivity contribution in [2.45, 2.75) is 45.4 Å². The van der Waals surface area contributed by atoms with E-state index in [0.29, 0.717) is 23.7 Å². The van der Waals surface area contributed by atoms with Crippen LogP contribution >= 0.6 is 0 Å². The summed E-state index contributed by atoms with van der Waals surface area (Å²) in [6.45, 7) is 6.33. The van der Waals surface area contributed by atoms with Gasteiger partial charge in [0.05, 0.1) is 7.11 Å². The molecule has 1 aromatic carbocycles. The number of carbonyl (C=O) groups is 1. The molecule has 4 heteroatoms. The molecule has 1 aromatic rings. The first-order valence-electron chi connectivity index (χ1n) is 10.3. The Kier molecular flexibility index (Phi) is 6.95. The van der Waals surface area contributed by atoms with Crippen molar-refractivity contribution in [3.8, 4) is 5.75 Å². The summed E-state index contributed by atoms with van der Waals surface area (Å²) in [5, 5.41) is 3.47. The zero-order valence-corrected chi connectivity index (χ0v) is 16.4. The Morgan fingerprint density at radius 2 is 1.96 bits per heavy atom. The fourth-order valence-corrected chi connectivity index (χ4v) is 4.42. The smallest absolute Gasteiger partial charge is 0.222 e. The van der Waals surface area contributed by atoms with Gasteiger partial charge in [-0.05, 0) is 80.6 Å². The molecule has 1 amide bonds. The van der Waals surface area contributed by atoms with E-state index in [9.17, 15) is 4.79 Å². The molecule has 2 saturated heterocycles. The number of rotatable bonds is 6. The molecule has 1 N–H and O–H groups in total. The zero-order valence-electron chi connectivity index (χ0n) is 16.4. The number of ether oxygens (including phenoxy) is 1. The van der Waals surface area contributed by atoms with Gasteiger partial charge in [0.25, 0.3) is 0 Å². The fourth-order valence-electron chi connectivity index (χ4n) is 4.42. The van der Waals surface area contributed by atoms with Gasteiger partial charge in [-0.25, -0.2) is 0 Å². The summed E-state index contributed by atoms with van der Waals surface area (Å²) in [5.74, 6) is 3.13. The second kappa shape index (κ2) is 9.40. The summed E-state index contributed by atoms with van der Waals surface area (Å²) in [6.07, 6.45) is 6.59. The third-order valence-corrected chi connectivity index (χ3v) is 6.29. The summed E-state index contributed by atoms with van der Waals surface area (Å²) in [4.78, 5) is 14.8. The maximum absolute atomic E-state index is 12.7. The monoisotopic (exact) mass is 358 g/mol. The number of likely N-dealkylation sites (tertiary alicyclic amines) is 1. The number of benzene rings is 1. The number of methoxy groups -OCH3 is 1. The minimum atomic E-state index is 0.367. The molecular formula is C22H34N2O2. The van der Waals surface area contributed by atoms with E-state index in [1.54, 1.807) is 7.11 Å². The minimum Gasteiger partial charge on any atom is -0.497 e. The van der Waals surface area contributed by atoms with E-state index in [1.807, 2.05) is 12.1 Å². The number of nitrogens with zero attached hydrogens (tertiary/aromatic N) is 1. The van der Waals surface area contributed by atoms with E-state index < -0.39 is 0 Å². The minimum absolute atomic E-state index is 0.367. The van der Waals surface area contributed by atoms with Gasteiger partial charge in [0.15, 0.2) is 0 Å². The van der Waals surface area contributed by atoms with Crippen molar-refractivity contribution >= 4 is 5.91 Å². The Morgan fingerprint density at radius 1 is 1.23 bits per heavy atom. The van der Waals surface area contributed by atoms with Crippen LogP contribution in [-0.4, -0.2) is 44.1 Å². The molecule has 0 radical (unpaired) electrons. The van der Waals surface area contributed by atoms with Crippen LogP contribution in [0, 0.1) is 17.8 Å². The molecule has 0 aliphatic carbocycles. The lowest BCUT2D eigenvalue weighted by molar-refractivity contribution is -0.133. The van der Waals surface area contributed by atoms with Gasteiger partial charge in [-0.15, -0.1) is 0 Å². The Balaban J connectivity index is 1.41. The van der Waals surface area contributed by atoms with Crippen molar-refractivity contribution in [1.29, 1.82) is 0 Å². The average Bonchev–Trinajstić information content (AvgIpc) is 2.69. The third-order valence-electron chi connectivity index (χ3n) is 6.29. The van der Waals surface area contributed by atoms with Gasteiger partial charge in [-0.1, -0.05) is 19.1 Å². The largest absolute Gasteiger partial charge is 0.497 e. The van der Waals surface area contributed by atoms with Crippen molar-refractivity contribution in [3.05, 3.63) is 29.8 Å². The molecule has 3 rings (SSSR count). The summed E-state index contributed by atoms with van der Waals surface area (Å²) in [6, 6.07) is 8.40. The van der Waals surface area contributed by atoms with Crippen LogP contribution in [0.25, 0.3) is 0 Å². The molecular weight excluding hydrogens is 324 g/mol. The van der Waals surface area contributed by atoms with Crippen LogP contribution in [0.1, 0.15) is 44.6 Å². The van der Waals surface area contributed by atoms with Crippen LogP contribution in [0.5, 0.6) is 5.75 Å². The molecule has 2 atom stereocenters. The molecule has 0 aromatic heterocycles. The first-order chi connectivity index (χ1) is 12.7. The van der Waals surface area contributed by atoms with Gasteiger partial charge in [-0.3, -0.25) is 4.79 Å². The highest BCUT2D eigenvalue weighted by atomic mass is 16.5. The molecule has 2 fully saturated rings. The summed E-state index contributed by atoms with van der Waals surface area (Å²) in [7, 11) is 1.70. The van der Waals surface area contributed by atoms with Gasteiger partial charge in [0.1, 0.15) is 5.75 Å². The first-order valence-corrected chi connectivity index (χ1v) is 10.3. The topological polar surface area (TPSA) is 41.6 Å². The first kappa shape index (κ1) is 19.2. The molecule has 4 nitrogen and oxygen atoms in total. The SMILES string of the molecule is COc1ccc(CC2CCN(C(=O)CC(C)C3CCCNC3)CC2)cc1. The molecule has 2 heterocycles. The molecule has 144 valence electrons. The summed E-state index contributed by atoms with van der Waals surface area (Å²) in [5.41, 5.74) is 1.37. The van der Waals surface area contributed by atoms with Crippen molar-refractivity contribution in [2.75, 3.05) is 33.3 Å². The maximum atomic E-state index is 12.7. The molecule has 0 bridgehead atoms. The Bertz CT molecular complexity index is 558. The summed E-state index contributed by atoms with van der Waals surface area (Å²) >= 11 is 0. The van der Waals surface area contributed by atoms with Gasteiger partial charge < -0.3 is 15.0 Å². The van der Waals surface area contributed by atoms with Gasteiger partial charge in [0, 0.05) is 19.5 Å². The predicted octanol–water partition coefficient (Wildman–Crippen LogP) is 3.50. The number of hydrogen-bond acceptors (Lipinski definition) is 3. The summed E-state index contributed by atoms with van der Waals surface area (Å²) < 4.78 is 5.23. The van der Waals surface area contributed by atoms with E-state index in [1.165, 1.54) is 18.4 Å². The second-order valence-corrected chi connectivity index (χ2v) is 8.16. The van der Waals surface area contributed by atoms with E-state index >= 15 is 0 Å². The molecule has 2 unspecified atom stereocenters. The average molecular weight is 359 g/mol. The molecule has 2 aliphatic heterocycles.